The second-order valence-electron chi connectivity index (χ2n) is 6.49. The van der Waals surface area contributed by atoms with Crippen molar-refractivity contribution >= 4 is 17.6 Å². The molecule has 0 aromatic heterocycles. The molecule has 1 fully saturated rings. The Balaban J connectivity index is 1.55. The third-order valence-corrected chi connectivity index (χ3v) is 4.60. The number of nitrogens with one attached hydrogen (secondary N) is 1. The van der Waals surface area contributed by atoms with E-state index in [1.807, 2.05) is 18.2 Å². The molecule has 27 heavy (non-hydrogen) atoms. The van der Waals surface area contributed by atoms with Crippen molar-refractivity contribution in [3.05, 3.63) is 60.2 Å². The highest BCUT2D eigenvalue weighted by Gasteiger charge is 2.30. The average molecular weight is 368 g/mol. The van der Waals surface area contributed by atoms with Crippen molar-refractivity contribution in [2.45, 2.75) is 25.4 Å². The van der Waals surface area contributed by atoms with E-state index < -0.39 is 5.97 Å². The molecule has 0 spiro atoms. The van der Waals surface area contributed by atoms with Crippen molar-refractivity contribution in [2.75, 3.05) is 25.6 Å². The third kappa shape index (κ3) is 5.31. The maximum Gasteiger partial charge on any atom is 0.343 e. The summed E-state index contributed by atoms with van der Waals surface area (Å²) in [6.07, 6.45) is 1.88. The SMILES string of the molecule is COC(=O)COc1ccc(NC(=O)C2CCCN2Cc2ccccc2)cc1. The zero-order valence-electron chi connectivity index (χ0n) is 15.4. The Morgan fingerprint density at radius 1 is 1.11 bits per heavy atom. The number of ether oxygens (including phenoxy) is 2. The van der Waals surface area contributed by atoms with Gasteiger partial charge < -0.3 is 14.8 Å². The Morgan fingerprint density at radius 3 is 2.56 bits per heavy atom. The van der Waals surface area contributed by atoms with Gasteiger partial charge in [-0.3, -0.25) is 9.69 Å². The van der Waals surface area contributed by atoms with Gasteiger partial charge in [0.2, 0.25) is 5.91 Å². The van der Waals surface area contributed by atoms with Crippen LogP contribution >= 0.6 is 0 Å². The van der Waals surface area contributed by atoms with E-state index in [0.717, 1.165) is 25.9 Å². The van der Waals surface area contributed by atoms with Crippen molar-refractivity contribution in [2.24, 2.45) is 0 Å². The van der Waals surface area contributed by atoms with E-state index in [9.17, 15) is 9.59 Å². The van der Waals surface area contributed by atoms with Gasteiger partial charge in [0.15, 0.2) is 6.61 Å². The monoisotopic (exact) mass is 368 g/mol. The molecule has 1 atom stereocenters. The molecule has 1 saturated heterocycles. The summed E-state index contributed by atoms with van der Waals surface area (Å²) in [4.78, 5) is 26.0. The van der Waals surface area contributed by atoms with Crippen LogP contribution < -0.4 is 10.1 Å². The van der Waals surface area contributed by atoms with Crippen LogP contribution in [0.3, 0.4) is 0 Å². The van der Waals surface area contributed by atoms with E-state index in [1.165, 1.54) is 12.7 Å². The van der Waals surface area contributed by atoms with Gasteiger partial charge in [-0.25, -0.2) is 4.79 Å². The first-order valence-electron chi connectivity index (χ1n) is 9.04. The lowest BCUT2D eigenvalue weighted by Gasteiger charge is -2.23. The Kier molecular flexibility index (Phi) is 6.44. The summed E-state index contributed by atoms with van der Waals surface area (Å²) in [6.45, 7) is 1.56. The molecule has 1 unspecified atom stereocenters. The van der Waals surface area contributed by atoms with Crippen LogP contribution in [0, 0.1) is 0 Å². The fourth-order valence-corrected chi connectivity index (χ4v) is 3.19. The first-order chi connectivity index (χ1) is 13.2. The molecule has 142 valence electrons. The fourth-order valence-electron chi connectivity index (χ4n) is 3.19. The number of benzene rings is 2. The summed E-state index contributed by atoms with van der Waals surface area (Å²) in [5.74, 6) is 0.115. The molecule has 2 aromatic carbocycles. The van der Waals surface area contributed by atoms with Gasteiger partial charge in [-0.2, -0.15) is 0 Å². The molecule has 1 aliphatic heterocycles. The molecular formula is C21H24N2O4. The standard InChI is InChI=1S/C21H24N2O4/c1-26-20(24)15-27-18-11-9-17(10-12-18)22-21(25)19-8-5-13-23(19)14-16-6-3-2-4-7-16/h2-4,6-7,9-12,19H,5,8,13-15H2,1H3,(H,22,25). The molecular weight excluding hydrogens is 344 g/mol. The van der Waals surface area contributed by atoms with E-state index in [2.05, 4.69) is 27.1 Å². The summed E-state index contributed by atoms with van der Waals surface area (Å²) in [5.41, 5.74) is 1.92. The number of rotatable bonds is 7. The van der Waals surface area contributed by atoms with E-state index in [1.54, 1.807) is 24.3 Å². The lowest BCUT2D eigenvalue weighted by molar-refractivity contribution is -0.142. The van der Waals surface area contributed by atoms with Crippen LogP contribution in [0.5, 0.6) is 5.75 Å². The molecule has 3 rings (SSSR count). The van der Waals surface area contributed by atoms with Crippen molar-refractivity contribution in [3.8, 4) is 5.75 Å². The van der Waals surface area contributed by atoms with Gasteiger partial charge in [0.25, 0.3) is 0 Å². The summed E-state index contributed by atoms with van der Waals surface area (Å²) >= 11 is 0. The molecule has 1 heterocycles. The molecule has 0 aliphatic carbocycles. The lowest BCUT2D eigenvalue weighted by Crippen LogP contribution is -2.39. The number of hydrogen-bond acceptors (Lipinski definition) is 5. The number of methoxy groups -OCH3 is 1. The molecule has 1 amide bonds. The number of likely N-dealkylation sites (tertiary alicyclic amines) is 1. The van der Waals surface area contributed by atoms with Gasteiger partial charge in [0.05, 0.1) is 13.2 Å². The Morgan fingerprint density at radius 2 is 1.85 bits per heavy atom. The number of amides is 1. The van der Waals surface area contributed by atoms with Crippen LogP contribution in [0.4, 0.5) is 5.69 Å². The van der Waals surface area contributed by atoms with Gasteiger partial charge in [-0.05, 0) is 49.2 Å². The van der Waals surface area contributed by atoms with Crippen molar-refractivity contribution in [3.63, 3.8) is 0 Å². The van der Waals surface area contributed by atoms with Crippen LogP contribution in [0.25, 0.3) is 0 Å². The fraction of sp³-hybridized carbons (Fsp3) is 0.333. The zero-order valence-corrected chi connectivity index (χ0v) is 15.4. The van der Waals surface area contributed by atoms with Crippen LogP contribution in [-0.4, -0.2) is 43.1 Å². The molecule has 0 saturated carbocycles. The van der Waals surface area contributed by atoms with Crippen molar-refractivity contribution in [1.29, 1.82) is 0 Å². The van der Waals surface area contributed by atoms with E-state index in [4.69, 9.17) is 4.74 Å². The Bertz CT molecular complexity index is 762. The van der Waals surface area contributed by atoms with Gasteiger partial charge in [-0.1, -0.05) is 30.3 Å². The summed E-state index contributed by atoms with van der Waals surface area (Å²) in [7, 11) is 1.31. The minimum absolute atomic E-state index is 0.00617. The molecule has 6 heteroatoms. The molecule has 6 nitrogen and oxygen atoms in total. The normalized spacial score (nSPS) is 16.7. The summed E-state index contributed by atoms with van der Waals surface area (Å²) in [6, 6.07) is 17.0. The number of anilines is 1. The molecule has 0 radical (unpaired) electrons. The molecule has 2 aromatic rings. The second-order valence-corrected chi connectivity index (χ2v) is 6.49. The second kappa shape index (κ2) is 9.19. The first kappa shape index (κ1) is 18.9. The number of carbonyl (C=O) groups is 2. The van der Waals surface area contributed by atoms with Crippen molar-refractivity contribution in [1.82, 2.24) is 4.90 Å². The average Bonchev–Trinajstić information content (AvgIpc) is 3.16. The first-order valence-corrected chi connectivity index (χ1v) is 9.04. The quantitative estimate of drug-likeness (QED) is 0.761. The Labute approximate surface area is 159 Å². The number of nitrogens with zero attached hydrogens (tertiary/aromatic N) is 1. The van der Waals surface area contributed by atoms with Gasteiger partial charge in [0.1, 0.15) is 5.75 Å². The highest BCUT2D eigenvalue weighted by Crippen LogP contribution is 2.22. The van der Waals surface area contributed by atoms with Gasteiger partial charge in [0, 0.05) is 12.2 Å². The maximum atomic E-state index is 12.7. The van der Waals surface area contributed by atoms with Crippen LogP contribution in [-0.2, 0) is 20.9 Å². The Hall–Kier alpha value is -2.86. The van der Waals surface area contributed by atoms with E-state index in [-0.39, 0.29) is 18.6 Å². The highest BCUT2D eigenvalue weighted by molar-refractivity contribution is 5.95. The van der Waals surface area contributed by atoms with E-state index >= 15 is 0 Å². The molecule has 0 bridgehead atoms. The number of hydrogen-bond donors (Lipinski definition) is 1. The molecule has 1 aliphatic rings. The third-order valence-electron chi connectivity index (χ3n) is 4.60. The molecule has 1 N–H and O–H groups in total. The zero-order chi connectivity index (χ0) is 19.1. The topological polar surface area (TPSA) is 67.9 Å². The minimum Gasteiger partial charge on any atom is -0.482 e. The maximum absolute atomic E-state index is 12.7. The van der Waals surface area contributed by atoms with Gasteiger partial charge in [-0.15, -0.1) is 0 Å². The lowest BCUT2D eigenvalue weighted by atomic mass is 10.1. The van der Waals surface area contributed by atoms with Crippen LogP contribution in [0.1, 0.15) is 18.4 Å². The largest absolute Gasteiger partial charge is 0.482 e. The summed E-state index contributed by atoms with van der Waals surface area (Å²) < 4.78 is 9.84. The van der Waals surface area contributed by atoms with Crippen LogP contribution in [0.15, 0.2) is 54.6 Å². The predicted octanol–water partition coefficient (Wildman–Crippen LogP) is 2.84. The van der Waals surface area contributed by atoms with E-state index in [0.29, 0.717) is 11.4 Å². The summed E-state index contributed by atoms with van der Waals surface area (Å²) in [5, 5.41) is 2.98. The van der Waals surface area contributed by atoms with Gasteiger partial charge >= 0.3 is 5.97 Å². The van der Waals surface area contributed by atoms with Crippen molar-refractivity contribution < 1.29 is 19.1 Å². The number of esters is 1. The number of carbonyl (C=O) groups excluding carboxylic acids is 2. The van der Waals surface area contributed by atoms with Crippen LogP contribution in [0.2, 0.25) is 0 Å². The highest BCUT2D eigenvalue weighted by atomic mass is 16.6. The minimum atomic E-state index is -0.438. The predicted molar refractivity (Wildman–Crippen MR) is 102 cm³/mol. The smallest absolute Gasteiger partial charge is 0.343 e.